The van der Waals surface area contributed by atoms with Gasteiger partial charge in [-0.2, -0.15) is 5.10 Å². The zero-order valence-electron chi connectivity index (χ0n) is 18.4. The van der Waals surface area contributed by atoms with Crippen molar-refractivity contribution in [1.29, 1.82) is 0 Å². The molecule has 3 aromatic rings. The first kappa shape index (κ1) is 23.1. The molecule has 35 heavy (non-hydrogen) atoms. The number of anilines is 1. The van der Waals surface area contributed by atoms with Gasteiger partial charge in [0.15, 0.2) is 11.6 Å². The largest absolute Gasteiger partial charge is 0.460 e. The van der Waals surface area contributed by atoms with Crippen molar-refractivity contribution < 1.29 is 31.9 Å². The van der Waals surface area contributed by atoms with Gasteiger partial charge in [0.25, 0.3) is 5.92 Å². The van der Waals surface area contributed by atoms with Crippen LogP contribution in [0.15, 0.2) is 36.5 Å². The highest BCUT2D eigenvalue weighted by atomic mass is 19.3. The molecule has 2 aromatic heterocycles. The Labute approximate surface area is 196 Å². The molecular formula is C23H21F4N5O3. The molecule has 1 aliphatic carbocycles. The normalized spacial score (nSPS) is 20.5. The number of nitrogens with one attached hydrogen (secondary N) is 2. The van der Waals surface area contributed by atoms with Gasteiger partial charge >= 0.3 is 0 Å². The third-order valence-corrected chi connectivity index (χ3v) is 6.59. The van der Waals surface area contributed by atoms with Crippen LogP contribution in [-0.2, 0) is 15.0 Å². The molecule has 0 bridgehead atoms. The van der Waals surface area contributed by atoms with Gasteiger partial charge in [0, 0.05) is 19.4 Å². The van der Waals surface area contributed by atoms with Gasteiger partial charge in [-0.1, -0.05) is 6.07 Å². The second-order valence-electron chi connectivity index (χ2n) is 8.84. The lowest BCUT2D eigenvalue weighted by Gasteiger charge is -2.48. The SMILES string of the molecule is O=C(Nc1ccc2[nH]ncc2n1)[C@H]1CCCN1C(=O)C1(c2ccc(OCF)c(F)c2)CC(F)(F)C1. The van der Waals surface area contributed by atoms with E-state index >= 15 is 0 Å². The first-order chi connectivity index (χ1) is 16.7. The molecule has 0 spiro atoms. The van der Waals surface area contributed by atoms with Gasteiger partial charge in [0.05, 0.1) is 17.1 Å². The molecule has 1 atom stereocenters. The molecule has 184 valence electrons. The predicted molar refractivity (Wildman–Crippen MR) is 116 cm³/mol. The van der Waals surface area contributed by atoms with Crippen LogP contribution in [0.4, 0.5) is 23.4 Å². The van der Waals surface area contributed by atoms with Crippen LogP contribution in [-0.4, -0.2) is 57.3 Å². The fourth-order valence-electron chi connectivity index (χ4n) is 4.95. The van der Waals surface area contributed by atoms with Crippen molar-refractivity contribution in [3.8, 4) is 5.75 Å². The van der Waals surface area contributed by atoms with Crippen LogP contribution in [0.1, 0.15) is 31.2 Å². The van der Waals surface area contributed by atoms with Crippen LogP contribution in [0.2, 0.25) is 0 Å². The summed E-state index contributed by atoms with van der Waals surface area (Å²) in [6.07, 6.45) is 0.716. The van der Waals surface area contributed by atoms with E-state index in [4.69, 9.17) is 0 Å². The lowest BCUT2D eigenvalue weighted by atomic mass is 9.61. The third-order valence-electron chi connectivity index (χ3n) is 6.59. The zero-order chi connectivity index (χ0) is 24.8. The number of ether oxygens (including phenoxy) is 1. The minimum absolute atomic E-state index is 0.0373. The van der Waals surface area contributed by atoms with Crippen molar-refractivity contribution >= 4 is 28.7 Å². The van der Waals surface area contributed by atoms with E-state index in [9.17, 15) is 27.2 Å². The summed E-state index contributed by atoms with van der Waals surface area (Å²) in [6.45, 7) is -1.06. The monoisotopic (exact) mass is 491 g/mol. The molecular weight excluding hydrogens is 470 g/mol. The number of aromatic amines is 1. The Balaban J connectivity index is 1.40. The quantitative estimate of drug-likeness (QED) is 0.513. The Hall–Kier alpha value is -3.70. The molecule has 3 heterocycles. The van der Waals surface area contributed by atoms with Gasteiger partial charge < -0.3 is 15.0 Å². The summed E-state index contributed by atoms with van der Waals surface area (Å²) >= 11 is 0. The predicted octanol–water partition coefficient (Wildman–Crippen LogP) is 3.70. The zero-order valence-corrected chi connectivity index (χ0v) is 18.4. The first-order valence-corrected chi connectivity index (χ1v) is 11.0. The number of nitrogens with zero attached hydrogens (tertiary/aromatic N) is 3. The Morgan fingerprint density at radius 2 is 2.03 bits per heavy atom. The first-order valence-electron chi connectivity index (χ1n) is 11.0. The molecule has 2 fully saturated rings. The summed E-state index contributed by atoms with van der Waals surface area (Å²) in [6, 6.07) is 5.70. The number of carbonyl (C=O) groups is 2. The summed E-state index contributed by atoms with van der Waals surface area (Å²) < 4.78 is 59.5. The van der Waals surface area contributed by atoms with Crippen LogP contribution in [0.3, 0.4) is 0 Å². The van der Waals surface area contributed by atoms with Crippen molar-refractivity contribution in [3.05, 3.63) is 47.9 Å². The topological polar surface area (TPSA) is 100 Å². The molecule has 5 rings (SSSR count). The molecule has 8 nitrogen and oxygen atoms in total. The summed E-state index contributed by atoms with van der Waals surface area (Å²) in [5.74, 6) is -5.35. The summed E-state index contributed by atoms with van der Waals surface area (Å²) in [4.78, 5) is 32.2. The van der Waals surface area contributed by atoms with Crippen molar-refractivity contribution in [3.63, 3.8) is 0 Å². The maximum atomic E-state index is 14.4. The molecule has 1 saturated heterocycles. The molecule has 2 aliphatic rings. The molecule has 12 heteroatoms. The number of hydrogen-bond donors (Lipinski definition) is 2. The van der Waals surface area contributed by atoms with Crippen LogP contribution in [0.5, 0.6) is 5.75 Å². The van der Waals surface area contributed by atoms with E-state index in [-0.39, 0.29) is 23.7 Å². The van der Waals surface area contributed by atoms with Crippen LogP contribution >= 0.6 is 0 Å². The maximum absolute atomic E-state index is 14.4. The highest BCUT2D eigenvalue weighted by Gasteiger charge is 2.63. The Morgan fingerprint density at radius 1 is 1.23 bits per heavy atom. The number of hydrogen-bond acceptors (Lipinski definition) is 5. The summed E-state index contributed by atoms with van der Waals surface area (Å²) in [5, 5.41) is 9.30. The average molecular weight is 491 g/mol. The van der Waals surface area contributed by atoms with Crippen molar-refractivity contribution in [2.75, 3.05) is 18.7 Å². The van der Waals surface area contributed by atoms with Gasteiger partial charge in [-0.25, -0.2) is 22.5 Å². The molecule has 1 aromatic carbocycles. The lowest BCUT2D eigenvalue weighted by Crippen LogP contribution is -2.60. The van der Waals surface area contributed by atoms with Crippen molar-refractivity contribution in [2.45, 2.75) is 43.1 Å². The van der Waals surface area contributed by atoms with Crippen LogP contribution < -0.4 is 10.1 Å². The van der Waals surface area contributed by atoms with E-state index in [1.807, 2.05) is 0 Å². The minimum atomic E-state index is -3.11. The molecule has 2 amide bonds. The van der Waals surface area contributed by atoms with Gasteiger partial charge in [-0.3, -0.25) is 14.7 Å². The fraction of sp³-hybridized carbons (Fsp3) is 0.391. The highest BCUT2D eigenvalue weighted by molar-refractivity contribution is 5.99. The van der Waals surface area contributed by atoms with E-state index in [0.717, 1.165) is 12.1 Å². The maximum Gasteiger partial charge on any atom is 0.250 e. The number of H-pyrrole nitrogens is 1. The number of pyridine rings is 1. The Kier molecular flexibility index (Phi) is 5.60. The van der Waals surface area contributed by atoms with E-state index in [0.29, 0.717) is 23.9 Å². The third kappa shape index (κ3) is 4.06. The van der Waals surface area contributed by atoms with E-state index in [2.05, 4.69) is 25.2 Å². The second kappa shape index (κ2) is 8.51. The van der Waals surface area contributed by atoms with E-state index in [1.165, 1.54) is 17.2 Å². The van der Waals surface area contributed by atoms with Crippen molar-refractivity contribution in [1.82, 2.24) is 20.1 Å². The van der Waals surface area contributed by atoms with Crippen LogP contribution in [0, 0.1) is 5.82 Å². The standard InChI is InChI=1S/C23H21F4N5O3/c24-12-35-18-5-3-13(8-14(18)25)22(10-23(26,27)11-22)21(34)32-7-1-2-17(32)20(33)30-19-6-4-15-16(29-19)9-28-31-15/h3-6,8-9,17H,1-2,7,10-12H2,(H,28,31)(H,29,30,33)/t17-/m1/s1. The molecule has 1 saturated carbocycles. The summed E-state index contributed by atoms with van der Waals surface area (Å²) in [5.41, 5.74) is -0.436. The fourth-order valence-corrected chi connectivity index (χ4v) is 4.95. The van der Waals surface area contributed by atoms with Crippen LogP contribution in [0.25, 0.3) is 11.0 Å². The number of benzene rings is 1. The highest BCUT2D eigenvalue weighted by Crippen LogP contribution is 2.55. The lowest BCUT2D eigenvalue weighted by molar-refractivity contribution is -0.169. The number of likely N-dealkylation sites (tertiary alicyclic amines) is 1. The van der Waals surface area contributed by atoms with Gasteiger partial charge in [-0.15, -0.1) is 0 Å². The average Bonchev–Trinajstić information content (AvgIpc) is 3.47. The number of aromatic nitrogens is 3. The number of fused-ring (bicyclic) bond motifs is 1. The second-order valence-corrected chi connectivity index (χ2v) is 8.84. The Morgan fingerprint density at radius 3 is 2.74 bits per heavy atom. The van der Waals surface area contributed by atoms with Gasteiger partial charge in [0.1, 0.15) is 17.4 Å². The van der Waals surface area contributed by atoms with Crippen molar-refractivity contribution in [2.24, 2.45) is 0 Å². The minimum Gasteiger partial charge on any atom is -0.460 e. The van der Waals surface area contributed by atoms with E-state index in [1.54, 1.807) is 12.1 Å². The molecule has 0 radical (unpaired) electrons. The number of carbonyl (C=O) groups excluding carboxylic acids is 2. The number of rotatable bonds is 6. The van der Waals surface area contributed by atoms with E-state index < -0.39 is 54.7 Å². The smallest absolute Gasteiger partial charge is 0.250 e. The summed E-state index contributed by atoms with van der Waals surface area (Å²) in [7, 11) is 0. The Bertz CT molecular complexity index is 1290. The number of amides is 2. The number of alkyl halides is 3. The number of halogens is 4. The molecule has 1 aliphatic heterocycles. The molecule has 0 unspecified atom stereocenters. The van der Waals surface area contributed by atoms with Gasteiger partial charge in [0.2, 0.25) is 18.7 Å². The van der Waals surface area contributed by atoms with Gasteiger partial charge in [-0.05, 0) is 42.7 Å². The molecule has 2 N–H and O–H groups in total.